The maximum absolute atomic E-state index is 13.7. The smallest absolute Gasteiger partial charge is 0.280 e. The third kappa shape index (κ3) is 3.97. The van der Waals surface area contributed by atoms with Crippen molar-refractivity contribution >= 4 is 23.1 Å². The summed E-state index contributed by atoms with van der Waals surface area (Å²) in [5.41, 5.74) is 6.32. The molecule has 0 saturated heterocycles. The molecule has 0 spiro atoms. The lowest BCUT2D eigenvalue weighted by molar-refractivity contribution is 0.0998. The molecule has 0 aliphatic heterocycles. The summed E-state index contributed by atoms with van der Waals surface area (Å²) in [4.78, 5) is 28.4. The predicted molar refractivity (Wildman–Crippen MR) is 113 cm³/mol. The third-order valence-corrected chi connectivity index (χ3v) is 4.78. The molecule has 0 bridgehead atoms. The molecule has 0 atom stereocenters. The first-order valence-electron chi connectivity index (χ1n) is 9.40. The van der Waals surface area contributed by atoms with Gasteiger partial charge < -0.3 is 15.8 Å². The van der Waals surface area contributed by atoms with Gasteiger partial charge in [-0.2, -0.15) is 5.10 Å². The number of carbonyl (C=O) groups is 2. The van der Waals surface area contributed by atoms with E-state index in [0.29, 0.717) is 17.0 Å². The Morgan fingerprint density at radius 3 is 2.38 bits per heavy atom. The number of benzene rings is 2. The number of ether oxygens (including phenoxy) is 1. The van der Waals surface area contributed by atoms with Crippen molar-refractivity contribution in [2.45, 2.75) is 6.43 Å². The molecule has 0 saturated carbocycles. The molecule has 0 fully saturated rings. The molecule has 4 rings (SSSR count). The van der Waals surface area contributed by atoms with E-state index in [4.69, 9.17) is 10.5 Å². The zero-order valence-electron chi connectivity index (χ0n) is 16.8. The average molecular weight is 437 g/mol. The number of methoxy groups -OCH3 is 1. The number of nitrogens with zero attached hydrogens (tertiary/aromatic N) is 3. The van der Waals surface area contributed by atoms with E-state index in [1.54, 1.807) is 24.3 Å². The second-order valence-electron chi connectivity index (χ2n) is 6.78. The van der Waals surface area contributed by atoms with Gasteiger partial charge in [0, 0.05) is 16.8 Å². The van der Waals surface area contributed by atoms with E-state index in [0.717, 1.165) is 4.52 Å². The number of nitrogens with two attached hydrogens (primary N) is 1. The van der Waals surface area contributed by atoms with Crippen LogP contribution in [0.15, 0.2) is 60.8 Å². The normalized spacial score (nSPS) is 11.0. The van der Waals surface area contributed by atoms with E-state index in [-0.39, 0.29) is 22.5 Å². The van der Waals surface area contributed by atoms with Crippen LogP contribution in [0.1, 0.15) is 32.8 Å². The van der Waals surface area contributed by atoms with Crippen molar-refractivity contribution in [1.82, 2.24) is 14.6 Å². The molecule has 0 radical (unpaired) electrons. The summed E-state index contributed by atoms with van der Waals surface area (Å²) >= 11 is 0. The Balaban J connectivity index is 1.73. The minimum atomic E-state index is -2.84. The van der Waals surface area contributed by atoms with Crippen LogP contribution in [0.3, 0.4) is 0 Å². The van der Waals surface area contributed by atoms with E-state index >= 15 is 0 Å². The molecule has 10 heteroatoms. The van der Waals surface area contributed by atoms with Gasteiger partial charge in [0.15, 0.2) is 5.65 Å². The van der Waals surface area contributed by atoms with Gasteiger partial charge in [-0.15, -0.1) is 0 Å². The number of amides is 2. The Bertz CT molecular complexity index is 1300. The Morgan fingerprint density at radius 1 is 1.09 bits per heavy atom. The molecule has 8 nitrogen and oxygen atoms in total. The minimum absolute atomic E-state index is 0.0140. The number of hydrogen-bond donors (Lipinski definition) is 2. The second kappa shape index (κ2) is 8.42. The van der Waals surface area contributed by atoms with E-state index < -0.39 is 23.9 Å². The van der Waals surface area contributed by atoms with Crippen LogP contribution in [0.4, 0.5) is 14.5 Å². The van der Waals surface area contributed by atoms with Gasteiger partial charge in [-0.05, 0) is 54.6 Å². The Morgan fingerprint density at radius 2 is 1.78 bits per heavy atom. The van der Waals surface area contributed by atoms with Crippen molar-refractivity contribution in [1.29, 1.82) is 0 Å². The van der Waals surface area contributed by atoms with E-state index in [1.807, 2.05) is 0 Å². The summed E-state index contributed by atoms with van der Waals surface area (Å²) in [5.74, 6) is -0.581. The lowest BCUT2D eigenvalue weighted by Gasteiger charge is -2.09. The molecule has 32 heavy (non-hydrogen) atoms. The largest absolute Gasteiger partial charge is 0.497 e. The summed E-state index contributed by atoms with van der Waals surface area (Å²) in [6, 6.07) is 13.9. The van der Waals surface area contributed by atoms with E-state index in [1.165, 1.54) is 43.6 Å². The lowest BCUT2D eigenvalue weighted by Crippen LogP contribution is -2.14. The van der Waals surface area contributed by atoms with Gasteiger partial charge in [-0.25, -0.2) is 18.3 Å². The number of aromatic nitrogens is 3. The standard InChI is InChI=1S/C22H17F2N5O3/c1-32-15-8-4-12(5-9-15)17-10-18(19(23)24)29-21(28-17)16(11-26-29)22(31)27-14-6-2-13(3-7-14)20(25)30/h2-11,19H,1H3,(H2,25,30)(H,27,31). The van der Waals surface area contributed by atoms with Gasteiger partial charge in [0.1, 0.15) is 17.0 Å². The number of rotatable bonds is 6. The molecule has 162 valence electrons. The second-order valence-corrected chi connectivity index (χ2v) is 6.78. The number of primary amides is 1. The summed E-state index contributed by atoms with van der Waals surface area (Å²) < 4.78 is 33.5. The van der Waals surface area contributed by atoms with E-state index in [2.05, 4.69) is 15.4 Å². The molecule has 2 aromatic carbocycles. The van der Waals surface area contributed by atoms with E-state index in [9.17, 15) is 18.4 Å². The molecule has 2 aromatic heterocycles. The van der Waals surface area contributed by atoms with Crippen LogP contribution in [0, 0.1) is 0 Å². The first-order valence-corrected chi connectivity index (χ1v) is 9.40. The quantitative estimate of drug-likeness (QED) is 0.478. The molecule has 2 heterocycles. The maximum atomic E-state index is 13.7. The molecule has 4 aromatic rings. The van der Waals surface area contributed by atoms with Crippen LogP contribution in [0.5, 0.6) is 5.75 Å². The van der Waals surface area contributed by atoms with Crippen molar-refractivity contribution < 1.29 is 23.1 Å². The maximum Gasteiger partial charge on any atom is 0.280 e. The first-order chi connectivity index (χ1) is 15.4. The van der Waals surface area contributed by atoms with Gasteiger partial charge in [0.25, 0.3) is 12.3 Å². The fraction of sp³-hybridized carbons (Fsp3) is 0.0909. The molecule has 2 amide bonds. The highest BCUT2D eigenvalue weighted by Gasteiger charge is 2.21. The van der Waals surface area contributed by atoms with Crippen molar-refractivity contribution in [2.75, 3.05) is 12.4 Å². The van der Waals surface area contributed by atoms with Gasteiger partial charge in [-0.3, -0.25) is 9.59 Å². The Kier molecular flexibility index (Phi) is 5.50. The fourth-order valence-corrected chi connectivity index (χ4v) is 3.13. The number of alkyl halides is 2. The Labute approximate surface area is 180 Å². The number of halogens is 2. The summed E-state index contributed by atoms with van der Waals surface area (Å²) in [5, 5.41) is 6.57. The van der Waals surface area contributed by atoms with Crippen LogP contribution >= 0.6 is 0 Å². The molecule has 0 unspecified atom stereocenters. The number of anilines is 1. The molecule has 0 aliphatic carbocycles. The van der Waals surface area contributed by atoms with Crippen molar-refractivity contribution in [2.24, 2.45) is 5.73 Å². The van der Waals surface area contributed by atoms with Crippen LogP contribution in [-0.2, 0) is 0 Å². The number of carbonyl (C=O) groups excluding carboxylic acids is 2. The van der Waals surface area contributed by atoms with Crippen LogP contribution < -0.4 is 15.8 Å². The number of hydrogen-bond acceptors (Lipinski definition) is 5. The van der Waals surface area contributed by atoms with Gasteiger partial charge in [0.05, 0.1) is 19.0 Å². The highest BCUT2D eigenvalue weighted by molar-refractivity contribution is 6.08. The fourth-order valence-electron chi connectivity index (χ4n) is 3.13. The molecule has 0 aliphatic rings. The van der Waals surface area contributed by atoms with Gasteiger partial charge >= 0.3 is 0 Å². The molecule has 3 N–H and O–H groups in total. The minimum Gasteiger partial charge on any atom is -0.497 e. The zero-order chi connectivity index (χ0) is 22.8. The zero-order valence-corrected chi connectivity index (χ0v) is 16.8. The SMILES string of the molecule is COc1ccc(-c2cc(C(F)F)n3ncc(C(=O)Nc4ccc(C(N)=O)cc4)c3n2)cc1. The van der Waals surface area contributed by atoms with Gasteiger partial charge in [0.2, 0.25) is 5.91 Å². The Hall–Kier alpha value is -4.34. The summed E-state index contributed by atoms with van der Waals surface area (Å²) in [6.45, 7) is 0. The molecular formula is C22H17F2N5O3. The van der Waals surface area contributed by atoms with Crippen molar-refractivity contribution in [3.8, 4) is 17.0 Å². The van der Waals surface area contributed by atoms with Crippen LogP contribution in [0.25, 0.3) is 16.9 Å². The van der Waals surface area contributed by atoms with Gasteiger partial charge in [-0.1, -0.05) is 0 Å². The monoisotopic (exact) mass is 437 g/mol. The number of nitrogens with one attached hydrogen (secondary N) is 1. The number of fused-ring (bicyclic) bond motifs is 1. The van der Waals surface area contributed by atoms with Crippen molar-refractivity contribution in [3.63, 3.8) is 0 Å². The highest BCUT2D eigenvalue weighted by atomic mass is 19.3. The molecular weight excluding hydrogens is 420 g/mol. The highest BCUT2D eigenvalue weighted by Crippen LogP contribution is 2.28. The van der Waals surface area contributed by atoms with Crippen LogP contribution in [0.2, 0.25) is 0 Å². The lowest BCUT2D eigenvalue weighted by atomic mass is 10.1. The summed E-state index contributed by atoms with van der Waals surface area (Å²) in [6.07, 6.45) is -1.66. The predicted octanol–water partition coefficient (Wildman–Crippen LogP) is 3.69. The average Bonchev–Trinajstić information content (AvgIpc) is 3.23. The third-order valence-electron chi connectivity index (χ3n) is 4.78. The first kappa shape index (κ1) is 20.9. The van der Waals surface area contributed by atoms with Crippen molar-refractivity contribution in [3.05, 3.63) is 77.6 Å². The van der Waals surface area contributed by atoms with Crippen LogP contribution in [-0.4, -0.2) is 33.5 Å². The topological polar surface area (TPSA) is 112 Å². The summed E-state index contributed by atoms with van der Waals surface area (Å²) in [7, 11) is 1.52.